The zero-order valence-corrected chi connectivity index (χ0v) is 15.0. The van der Waals surface area contributed by atoms with E-state index in [9.17, 15) is 8.42 Å². The topological polar surface area (TPSA) is 61.4 Å². The Labute approximate surface area is 132 Å². The van der Waals surface area contributed by atoms with Crippen LogP contribution < -0.4 is 10.0 Å². The molecule has 1 rings (SSSR count). The second-order valence-corrected chi connectivity index (χ2v) is 8.05. The van der Waals surface area contributed by atoms with Crippen molar-refractivity contribution in [3.05, 3.63) is 16.3 Å². The molecule has 122 valence electrons. The highest BCUT2D eigenvalue weighted by molar-refractivity contribution is 7.89. The first-order valence-corrected chi connectivity index (χ1v) is 9.71. The van der Waals surface area contributed by atoms with Crippen molar-refractivity contribution in [1.29, 1.82) is 0 Å². The van der Waals surface area contributed by atoms with E-state index in [0.717, 1.165) is 24.4 Å². The molecular formula is C14H27N3O2S2. The lowest BCUT2D eigenvalue weighted by atomic mass is 10.3. The summed E-state index contributed by atoms with van der Waals surface area (Å²) in [5.74, 6) is 0. The van der Waals surface area contributed by atoms with E-state index < -0.39 is 10.0 Å². The van der Waals surface area contributed by atoms with E-state index in [-0.39, 0.29) is 0 Å². The fraction of sp³-hybridized carbons (Fsp3) is 0.714. The van der Waals surface area contributed by atoms with Crippen molar-refractivity contribution in [2.75, 3.05) is 26.7 Å². The summed E-state index contributed by atoms with van der Waals surface area (Å²) in [5.41, 5.74) is 0. The highest BCUT2D eigenvalue weighted by Gasteiger charge is 2.18. The third kappa shape index (κ3) is 6.04. The van der Waals surface area contributed by atoms with Gasteiger partial charge >= 0.3 is 0 Å². The molecule has 0 unspecified atom stereocenters. The van der Waals surface area contributed by atoms with Crippen LogP contribution in [0.25, 0.3) is 0 Å². The van der Waals surface area contributed by atoms with Gasteiger partial charge in [0.1, 0.15) is 0 Å². The number of thiophene rings is 1. The minimum Gasteiger partial charge on any atom is -0.312 e. The molecule has 0 aliphatic heterocycles. The molecule has 1 heterocycles. The van der Waals surface area contributed by atoms with Gasteiger partial charge in [-0.15, -0.1) is 11.3 Å². The Bertz CT molecular complexity index is 512. The Balaban J connectivity index is 2.52. The molecule has 21 heavy (non-hydrogen) atoms. The van der Waals surface area contributed by atoms with E-state index in [0.29, 0.717) is 24.0 Å². The largest absolute Gasteiger partial charge is 0.312 e. The number of sulfonamides is 1. The lowest BCUT2D eigenvalue weighted by Crippen LogP contribution is -2.31. The third-order valence-electron chi connectivity index (χ3n) is 3.39. The molecule has 0 radical (unpaired) electrons. The van der Waals surface area contributed by atoms with Crippen molar-refractivity contribution in [3.63, 3.8) is 0 Å². The van der Waals surface area contributed by atoms with Crippen LogP contribution in [0.5, 0.6) is 0 Å². The molecule has 0 spiro atoms. The van der Waals surface area contributed by atoms with Gasteiger partial charge in [-0.25, -0.2) is 13.1 Å². The van der Waals surface area contributed by atoms with Crippen molar-refractivity contribution >= 4 is 21.4 Å². The fourth-order valence-electron chi connectivity index (χ4n) is 1.81. The van der Waals surface area contributed by atoms with Gasteiger partial charge in [-0.05, 0) is 51.9 Å². The molecule has 0 saturated heterocycles. The zero-order chi connectivity index (χ0) is 15.9. The Hall–Kier alpha value is -0.470. The van der Waals surface area contributed by atoms with Crippen LogP contribution in [0.1, 0.15) is 32.1 Å². The maximum absolute atomic E-state index is 12.3. The van der Waals surface area contributed by atoms with Crippen LogP contribution in [0.15, 0.2) is 16.3 Å². The normalized spacial score (nSPS) is 12.5. The number of hydrogen-bond donors (Lipinski definition) is 2. The van der Waals surface area contributed by atoms with Crippen LogP contribution in [0.2, 0.25) is 0 Å². The third-order valence-corrected chi connectivity index (χ3v) is 5.99. The summed E-state index contributed by atoms with van der Waals surface area (Å²) in [6.45, 7) is 9.03. The molecule has 0 aliphatic rings. The van der Waals surface area contributed by atoms with Crippen molar-refractivity contribution in [1.82, 2.24) is 14.9 Å². The highest BCUT2D eigenvalue weighted by atomic mass is 32.2. The molecule has 7 heteroatoms. The summed E-state index contributed by atoms with van der Waals surface area (Å²) < 4.78 is 27.3. The van der Waals surface area contributed by atoms with Crippen LogP contribution in [0.3, 0.4) is 0 Å². The summed E-state index contributed by atoms with van der Waals surface area (Å²) in [7, 11) is -1.35. The van der Waals surface area contributed by atoms with Crippen molar-refractivity contribution in [3.8, 4) is 0 Å². The smallest absolute Gasteiger partial charge is 0.241 e. The first-order valence-electron chi connectivity index (χ1n) is 7.35. The summed E-state index contributed by atoms with van der Waals surface area (Å²) in [6, 6.07) is 2.16. The van der Waals surface area contributed by atoms with Crippen LogP contribution in [-0.2, 0) is 16.6 Å². The first-order chi connectivity index (χ1) is 9.88. The number of nitrogens with one attached hydrogen (secondary N) is 2. The highest BCUT2D eigenvalue weighted by Crippen LogP contribution is 2.21. The fourth-order valence-corrected chi connectivity index (χ4v) is 4.29. The summed E-state index contributed by atoms with van der Waals surface area (Å²) >= 11 is 1.47. The van der Waals surface area contributed by atoms with Gasteiger partial charge in [-0.1, -0.05) is 6.92 Å². The van der Waals surface area contributed by atoms with Crippen LogP contribution in [0.4, 0.5) is 0 Å². The molecule has 0 saturated carbocycles. The Kier molecular flexibility index (Phi) is 7.83. The Morgan fingerprint density at radius 3 is 2.71 bits per heavy atom. The Morgan fingerprint density at radius 2 is 2.10 bits per heavy atom. The molecule has 0 fully saturated rings. The molecule has 0 atom stereocenters. The molecule has 0 bridgehead atoms. The minimum atomic E-state index is -3.39. The number of hydrogen-bond acceptors (Lipinski definition) is 5. The molecule has 0 amide bonds. The van der Waals surface area contributed by atoms with E-state index >= 15 is 0 Å². The SMILES string of the molecule is CCNCc1sccc1S(=O)(=O)NCCCN(C)C(C)C. The lowest BCUT2D eigenvalue weighted by molar-refractivity contribution is 0.271. The van der Waals surface area contributed by atoms with Crippen molar-refractivity contribution in [2.45, 2.75) is 44.7 Å². The Morgan fingerprint density at radius 1 is 1.38 bits per heavy atom. The molecule has 0 aromatic carbocycles. The quantitative estimate of drug-likeness (QED) is 0.642. The van der Waals surface area contributed by atoms with Crippen molar-refractivity contribution < 1.29 is 8.42 Å². The maximum atomic E-state index is 12.3. The van der Waals surface area contributed by atoms with E-state index in [1.165, 1.54) is 11.3 Å². The number of rotatable bonds is 10. The van der Waals surface area contributed by atoms with E-state index in [2.05, 4.69) is 28.8 Å². The van der Waals surface area contributed by atoms with E-state index in [1.54, 1.807) is 6.07 Å². The minimum absolute atomic E-state index is 0.408. The summed E-state index contributed by atoms with van der Waals surface area (Å²) in [6.07, 6.45) is 0.806. The van der Waals surface area contributed by atoms with Gasteiger partial charge in [0.25, 0.3) is 0 Å². The van der Waals surface area contributed by atoms with Gasteiger partial charge in [0.05, 0.1) is 4.90 Å². The predicted molar refractivity (Wildman–Crippen MR) is 89.3 cm³/mol. The first kappa shape index (κ1) is 18.6. The average molecular weight is 334 g/mol. The van der Waals surface area contributed by atoms with Gasteiger partial charge in [-0.3, -0.25) is 0 Å². The summed E-state index contributed by atoms with van der Waals surface area (Å²) in [4.78, 5) is 3.48. The van der Waals surface area contributed by atoms with Gasteiger partial charge in [0.2, 0.25) is 10.0 Å². The van der Waals surface area contributed by atoms with Gasteiger partial charge < -0.3 is 10.2 Å². The molecule has 1 aromatic rings. The molecule has 1 aromatic heterocycles. The van der Waals surface area contributed by atoms with Gasteiger partial charge in [0, 0.05) is 24.0 Å². The van der Waals surface area contributed by atoms with E-state index in [1.807, 2.05) is 19.4 Å². The lowest BCUT2D eigenvalue weighted by Gasteiger charge is -2.20. The molecule has 2 N–H and O–H groups in total. The van der Waals surface area contributed by atoms with Crippen LogP contribution in [0, 0.1) is 0 Å². The van der Waals surface area contributed by atoms with Gasteiger partial charge in [0.15, 0.2) is 0 Å². The molecular weight excluding hydrogens is 306 g/mol. The summed E-state index contributed by atoms with van der Waals surface area (Å²) in [5, 5.41) is 5.00. The zero-order valence-electron chi connectivity index (χ0n) is 13.3. The van der Waals surface area contributed by atoms with Crippen LogP contribution in [-0.4, -0.2) is 46.0 Å². The van der Waals surface area contributed by atoms with E-state index in [4.69, 9.17) is 0 Å². The van der Waals surface area contributed by atoms with Crippen LogP contribution >= 0.6 is 11.3 Å². The predicted octanol–water partition coefficient (Wildman–Crippen LogP) is 1.87. The second kappa shape index (κ2) is 8.85. The molecule has 0 aliphatic carbocycles. The average Bonchev–Trinajstić information content (AvgIpc) is 2.90. The van der Waals surface area contributed by atoms with Crippen molar-refractivity contribution in [2.24, 2.45) is 0 Å². The van der Waals surface area contributed by atoms with Gasteiger partial charge in [-0.2, -0.15) is 0 Å². The number of nitrogens with zero attached hydrogens (tertiary/aromatic N) is 1. The second-order valence-electron chi connectivity index (χ2n) is 5.31. The monoisotopic (exact) mass is 333 g/mol. The maximum Gasteiger partial charge on any atom is 0.241 e. The molecule has 5 nitrogen and oxygen atoms in total. The standard InChI is InChI=1S/C14H27N3O2S2/c1-5-15-11-13-14(7-10-20-13)21(18,19)16-8-6-9-17(4)12(2)3/h7,10,12,15-16H,5-6,8-9,11H2,1-4H3.